The maximum absolute atomic E-state index is 13.8. The molecule has 2 heterocycles. The molecule has 46 heavy (non-hydrogen) atoms. The summed E-state index contributed by atoms with van der Waals surface area (Å²) >= 11 is 13.8. The summed E-state index contributed by atoms with van der Waals surface area (Å²) in [5.74, 6) is -0.450. The first-order valence-corrected chi connectivity index (χ1v) is 17.2. The molecular weight excluding hydrogens is 689 g/mol. The molecule has 1 saturated heterocycles. The van der Waals surface area contributed by atoms with Gasteiger partial charge >= 0.3 is 18.6 Å². The minimum atomic E-state index is -4.24. The first-order valence-electron chi connectivity index (χ1n) is 13.9. The molecule has 0 radical (unpaired) electrons. The number of amides is 2. The second-order valence-corrected chi connectivity index (χ2v) is 14.3. The first kappa shape index (κ1) is 34.0. The number of nitrogens with one attached hydrogen (secondary N) is 1. The highest BCUT2D eigenvalue weighted by Gasteiger charge is 2.42. The van der Waals surface area contributed by atoms with Crippen molar-refractivity contribution in [2.75, 3.05) is 24.2 Å². The summed E-state index contributed by atoms with van der Waals surface area (Å²) in [6.07, 6.45) is 3.47. The molecule has 1 aliphatic carbocycles. The van der Waals surface area contributed by atoms with Crippen molar-refractivity contribution in [2.24, 2.45) is 11.7 Å². The third-order valence-electron chi connectivity index (χ3n) is 7.09. The molecule has 2 amide bonds. The van der Waals surface area contributed by atoms with Crippen molar-refractivity contribution in [1.29, 1.82) is 0 Å². The predicted molar refractivity (Wildman–Crippen MR) is 168 cm³/mol. The quantitative estimate of drug-likeness (QED) is 0.207. The van der Waals surface area contributed by atoms with Crippen LogP contribution < -0.4 is 20.5 Å². The second-order valence-electron chi connectivity index (χ2n) is 10.4. The molecule has 5 rings (SSSR count). The monoisotopic (exact) mass is 716 g/mol. The SMILES string of the molecule is NC(=O)Nc1cccc(S(=O)(=O)N2CCS[C@H]2C(=O)O[C@@H](Cc2c(Cl)cncc2Cl)c2ccc(OC(F)F)c(OCC3CC3)c2)c1. The number of nitrogens with zero attached hydrogens (tertiary/aromatic N) is 2. The van der Waals surface area contributed by atoms with Crippen LogP contribution in [-0.2, 0) is 26.0 Å². The largest absolute Gasteiger partial charge is 0.489 e. The highest BCUT2D eigenvalue weighted by molar-refractivity contribution is 8.02. The van der Waals surface area contributed by atoms with Crippen LogP contribution in [0.5, 0.6) is 11.5 Å². The van der Waals surface area contributed by atoms with Gasteiger partial charge in [0.2, 0.25) is 10.0 Å². The molecule has 2 aromatic carbocycles. The molecular formula is C29H28Cl2F2N4O7S2. The number of rotatable bonds is 13. The number of anilines is 1. The highest BCUT2D eigenvalue weighted by atomic mass is 35.5. The number of alkyl halides is 2. The zero-order chi connectivity index (χ0) is 33.0. The molecule has 0 bridgehead atoms. The van der Waals surface area contributed by atoms with Gasteiger partial charge in [-0.2, -0.15) is 13.1 Å². The summed E-state index contributed by atoms with van der Waals surface area (Å²) in [5.41, 5.74) is 6.06. The van der Waals surface area contributed by atoms with Crippen molar-refractivity contribution >= 4 is 62.7 Å². The zero-order valence-electron chi connectivity index (χ0n) is 23.9. The van der Waals surface area contributed by atoms with Crippen LogP contribution in [0.1, 0.15) is 30.1 Å². The van der Waals surface area contributed by atoms with E-state index in [1.165, 1.54) is 54.9 Å². The lowest BCUT2D eigenvalue weighted by Crippen LogP contribution is -2.40. The Kier molecular flexibility index (Phi) is 10.8. The Hall–Kier alpha value is -3.37. The summed E-state index contributed by atoms with van der Waals surface area (Å²) in [6, 6.07) is 8.75. The number of halogens is 4. The van der Waals surface area contributed by atoms with E-state index in [1.54, 1.807) is 0 Å². The van der Waals surface area contributed by atoms with Gasteiger partial charge in [-0.3, -0.25) is 4.98 Å². The predicted octanol–water partition coefficient (Wildman–Crippen LogP) is 5.86. The minimum Gasteiger partial charge on any atom is -0.489 e. The van der Waals surface area contributed by atoms with Crippen molar-refractivity contribution in [2.45, 2.75) is 42.2 Å². The van der Waals surface area contributed by atoms with Gasteiger partial charge in [-0.1, -0.05) is 35.3 Å². The number of benzene rings is 2. The van der Waals surface area contributed by atoms with Crippen molar-refractivity contribution in [3.63, 3.8) is 0 Å². The van der Waals surface area contributed by atoms with Crippen LogP contribution in [0.4, 0.5) is 19.3 Å². The van der Waals surface area contributed by atoms with Crippen LogP contribution in [0.25, 0.3) is 0 Å². The van der Waals surface area contributed by atoms with E-state index in [4.69, 9.17) is 38.4 Å². The summed E-state index contributed by atoms with van der Waals surface area (Å²) in [6.45, 7) is -2.81. The number of primary amides is 1. The molecule has 17 heteroatoms. The molecule has 1 saturated carbocycles. The van der Waals surface area contributed by atoms with E-state index in [-0.39, 0.29) is 51.7 Å². The number of urea groups is 1. The van der Waals surface area contributed by atoms with Crippen molar-refractivity contribution < 1.29 is 41.0 Å². The lowest BCUT2D eigenvalue weighted by atomic mass is 10.0. The van der Waals surface area contributed by atoms with E-state index >= 15 is 0 Å². The maximum atomic E-state index is 13.8. The van der Waals surface area contributed by atoms with E-state index < -0.39 is 40.1 Å². The Morgan fingerprint density at radius 2 is 1.85 bits per heavy atom. The summed E-state index contributed by atoms with van der Waals surface area (Å²) < 4.78 is 71.1. The number of pyridine rings is 1. The van der Waals surface area contributed by atoms with Crippen molar-refractivity contribution in [3.8, 4) is 11.5 Å². The third-order valence-corrected chi connectivity index (χ3v) is 10.9. The second kappa shape index (κ2) is 14.6. The van der Waals surface area contributed by atoms with Gasteiger partial charge in [-0.15, -0.1) is 11.8 Å². The third kappa shape index (κ3) is 8.31. The molecule has 0 unspecified atom stereocenters. The molecule has 2 aliphatic rings. The number of esters is 1. The van der Waals surface area contributed by atoms with Gasteiger partial charge in [-0.25, -0.2) is 18.0 Å². The van der Waals surface area contributed by atoms with Gasteiger partial charge in [0.25, 0.3) is 0 Å². The van der Waals surface area contributed by atoms with E-state index in [9.17, 15) is 26.8 Å². The highest BCUT2D eigenvalue weighted by Crippen LogP contribution is 2.39. The van der Waals surface area contributed by atoms with E-state index in [0.29, 0.717) is 22.8 Å². The smallest absolute Gasteiger partial charge is 0.387 e. The molecule has 246 valence electrons. The van der Waals surface area contributed by atoms with E-state index in [0.717, 1.165) is 28.9 Å². The minimum absolute atomic E-state index is 0.00569. The number of hydrogen-bond donors (Lipinski definition) is 2. The van der Waals surface area contributed by atoms with Crippen molar-refractivity contribution in [3.05, 3.63) is 76.0 Å². The van der Waals surface area contributed by atoms with Gasteiger partial charge in [0.15, 0.2) is 16.9 Å². The Morgan fingerprint density at radius 3 is 2.52 bits per heavy atom. The average Bonchev–Trinajstić information content (AvgIpc) is 3.69. The number of carbonyl (C=O) groups is 2. The first-order chi connectivity index (χ1) is 21.9. The summed E-state index contributed by atoms with van der Waals surface area (Å²) in [7, 11) is -4.24. The Labute approximate surface area is 277 Å². The van der Waals surface area contributed by atoms with E-state index in [1.807, 2.05) is 0 Å². The fourth-order valence-electron chi connectivity index (χ4n) is 4.67. The number of thioether (sulfide) groups is 1. The lowest BCUT2D eigenvalue weighted by Gasteiger charge is -2.26. The number of nitrogens with two attached hydrogens (primary N) is 1. The molecule has 0 spiro atoms. The van der Waals surface area contributed by atoms with Gasteiger partial charge in [-0.05, 0) is 60.2 Å². The molecule has 1 aliphatic heterocycles. The molecule has 2 fully saturated rings. The van der Waals surface area contributed by atoms with Gasteiger partial charge < -0.3 is 25.3 Å². The van der Waals surface area contributed by atoms with Crippen LogP contribution in [-0.4, -0.2) is 60.6 Å². The molecule has 11 nitrogen and oxygen atoms in total. The Bertz CT molecular complexity index is 1700. The normalized spacial score (nSPS) is 17.5. The molecule has 3 aromatic rings. The number of aromatic nitrogens is 1. The Morgan fingerprint density at radius 1 is 1.11 bits per heavy atom. The zero-order valence-corrected chi connectivity index (χ0v) is 27.1. The lowest BCUT2D eigenvalue weighted by molar-refractivity contribution is -0.150. The van der Waals surface area contributed by atoms with Gasteiger partial charge in [0, 0.05) is 36.8 Å². The molecule has 1 aromatic heterocycles. The maximum Gasteiger partial charge on any atom is 0.387 e. The van der Waals surface area contributed by atoms with Crippen LogP contribution >= 0.6 is 35.0 Å². The average molecular weight is 718 g/mol. The fraction of sp³-hybridized carbons (Fsp3) is 0.345. The van der Waals surface area contributed by atoms with Crippen LogP contribution in [0.15, 0.2) is 59.8 Å². The van der Waals surface area contributed by atoms with Crippen LogP contribution in [0.2, 0.25) is 10.0 Å². The number of ether oxygens (including phenoxy) is 3. The van der Waals surface area contributed by atoms with Gasteiger partial charge in [0.1, 0.15) is 6.10 Å². The van der Waals surface area contributed by atoms with Crippen LogP contribution in [0, 0.1) is 5.92 Å². The number of hydrogen-bond acceptors (Lipinski definition) is 9. The topological polar surface area (TPSA) is 150 Å². The summed E-state index contributed by atoms with van der Waals surface area (Å²) in [4.78, 5) is 28.8. The molecule has 3 N–H and O–H groups in total. The molecule has 2 atom stereocenters. The fourth-order valence-corrected chi connectivity index (χ4v) is 8.28. The standard InChI is InChI=1S/C29H28Cl2F2N4O7S2/c30-21-13-35-14-22(31)20(21)12-24(17-6-7-23(44-28(32)33)25(10-17)42-15-16-4-5-16)43-27(38)26-37(8-9-45-26)46(40,41)19-3-1-2-18(11-19)36-29(34)39/h1-3,6-7,10-11,13-14,16,24,26,28H,4-5,8-9,12,15H2,(H3,34,36,39)/t24-,26-/m0/s1. The summed E-state index contributed by atoms with van der Waals surface area (Å²) in [5, 5.41) is 1.45. The number of carbonyl (C=O) groups excluding carboxylic acids is 2. The number of sulfonamides is 1. The van der Waals surface area contributed by atoms with Crippen molar-refractivity contribution in [1.82, 2.24) is 9.29 Å². The van der Waals surface area contributed by atoms with Crippen LogP contribution in [0.3, 0.4) is 0 Å². The van der Waals surface area contributed by atoms with Gasteiger partial charge in [0.05, 0.1) is 21.5 Å². The van der Waals surface area contributed by atoms with E-state index in [2.05, 4.69) is 15.0 Å². The Balaban J connectivity index is 1.45.